The Hall–Kier alpha value is -0.770. The van der Waals surface area contributed by atoms with Crippen LogP contribution in [-0.2, 0) is 6.54 Å². The maximum absolute atomic E-state index is 10.1. The van der Waals surface area contributed by atoms with Crippen molar-refractivity contribution in [1.29, 1.82) is 0 Å². The highest BCUT2D eigenvalue weighted by Crippen LogP contribution is 2.28. The largest absolute Gasteiger partial charge is 0.391 e. The van der Waals surface area contributed by atoms with Gasteiger partial charge in [-0.25, -0.2) is 0 Å². The maximum Gasteiger partial charge on any atom is 0.0741 e. The smallest absolute Gasteiger partial charge is 0.0741 e. The first-order valence-electron chi connectivity index (χ1n) is 7.42. The van der Waals surface area contributed by atoms with Gasteiger partial charge in [-0.15, -0.1) is 0 Å². The highest BCUT2D eigenvalue weighted by Gasteiger charge is 2.25. The summed E-state index contributed by atoms with van der Waals surface area (Å²) in [6.45, 7) is 8.89. The number of benzene rings is 1. The number of aliphatic hydroxyl groups excluding tert-OH is 1. The molecule has 2 rings (SSSR count). The Bertz CT molecular complexity index is 450. The summed E-state index contributed by atoms with van der Waals surface area (Å²) < 4.78 is 0. The van der Waals surface area contributed by atoms with Crippen molar-refractivity contribution in [3.05, 3.63) is 28.8 Å². The minimum atomic E-state index is -0.245. The molecule has 0 radical (unpaired) electrons. The average molecular weight is 297 g/mol. The molecule has 0 saturated carbocycles. The normalized spacial score (nSPS) is 23.4. The number of hydrogen-bond donors (Lipinski definition) is 2. The number of rotatable bonds is 4. The molecule has 1 aromatic carbocycles. The van der Waals surface area contributed by atoms with Crippen LogP contribution in [0.3, 0.4) is 0 Å². The third-order valence-electron chi connectivity index (χ3n) is 4.00. The fourth-order valence-electron chi connectivity index (χ4n) is 2.59. The summed E-state index contributed by atoms with van der Waals surface area (Å²) in [5.41, 5.74) is 2.39. The molecular formula is C16H25ClN2O. The van der Waals surface area contributed by atoms with Gasteiger partial charge in [0, 0.05) is 36.4 Å². The van der Waals surface area contributed by atoms with Crippen LogP contribution in [0.1, 0.15) is 32.8 Å². The van der Waals surface area contributed by atoms with E-state index in [-0.39, 0.29) is 6.10 Å². The van der Waals surface area contributed by atoms with Crippen molar-refractivity contribution in [2.45, 2.75) is 45.9 Å². The van der Waals surface area contributed by atoms with Gasteiger partial charge in [-0.1, -0.05) is 32.4 Å². The lowest BCUT2D eigenvalue weighted by Crippen LogP contribution is -2.43. The Kier molecular flexibility index (Phi) is 5.30. The molecule has 1 saturated heterocycles. The number of aliphatic hydroxyl groups is 1. The number of piperidine rings is 1. The van der Waals surface area contributed by atoms with E-state index in [1.165, 1.54) is 11.3 Å². The lowest BCUT2D eigenvalue weighted by molar-refractivity contribution is 0.103. The Morgan fingerprint density at radius 1 is 1.45 bits per heavy atom. The molecule has 1 heterocycles. The van der Waals surface area contributed by atoms with Gasteiger partial charge in [0.25, 0.3) is 0 Å². The molecule has 3 nitrogen and oxygen atoms in total. The molecule has 1 fully saturated rings. The van der Waals surface area contributed by atoms with Crippen LogP contribution in [0, 0.1) is 5.92 Å². The van der Waals surface area contributed by atoms with Crippen LogP contribution in [-0.4, -0.2) is 30.3 Å². The van der Waals surface area contributed by atoms with Crippen LogP contribution in [0.2, 0.25) is 5.02 Å². The van der Waals surface area contributed by atoms with Crippen molar-refractivity contribution in [3.63, 3.8) is 0 Å². The molecule has 1 aliphatic heterocycles. The summed E-state index contributed by atoms with van der Waals surface area (Å²) in [6, 6.07) is 6.47. The summed E-state index contributed by atoms with van der Waals surface area (Å²) >= 11 is 6.13. The van der Waals surface area contributed by atoms with E-state index >= 15 is 0 Å². The van der Waals surface area contributed by atoms with Gasteiger partial charge < -0.3 is 15.3 Å². The molecule has 4 heteroatoms. The molecule has 2 atom stereocenters. The van der Waals surface area contributed by atoms with E-state index in [1.54, 1.807) is 0 Å². The minimum Gasteiger partial charge on any atom is -0.391 e. The molecule has 1 aliphatic rings. The Balaban J connectivity index is 2.17. The Morgan fingerprint density at radius 3 is 2.85 bits per heavy atom. The van der Waals surface area contributed by atoms with Crippen LogP contribution in [0.25, 0.3) is 0 Å². The number of nitrogens with one attached hydrogen (secondary N) is 1. The molecule has 0 aromatic heterocycles. The quantitative estimate of drug-likeness (QED) is 0.896. The molecule has 2 N–H and O–H groups in total. The summed E-state index contributed by atoms with van der Waals surface area (Å²) in [6.07, 6.45) is 0.784. The SMILES string of the molecule is CC(C)NCc1cc(Cl)ccc1N1CCC(C)C(O)C1. The van der Waals surface area contributed by atoms with Crippen LogP contribution >= 0.6 is 11.6 Å². The number of hydrogen-bond acceptors (Lipinski definition) is 3. The predicted octanol–water partition coefficient (Wildman–Crippen LogP) is 3.05. The zero-order valence-corrected chi connectivity index (χ0v) is 13.3. The second-order valence-electron chi connectivity index (χ2n) is 6.09. The van der Waals surface area contributed by atoms with Gasteiger partial charge in [-0.2, -0.15) is 0 Å². The molecule has 0 aliphatic carbocycles. The lowest BCUT2D eigenvalue weighted by atomic mass is 9.95. The van der Waals surface area contributed by atoms with Crippen molar-refractivity contribution in [3.8, 4) is 0 Å². The van der Waals surface area contributed by atoms with Crippen molar-refractivity contribution in [2.24, 2.45) is 5.92 Å². The molecule has 0 bridgehead atoms. The first-order chi connectivity index (χ1) is 9.47. The number of β-amino-alcohol motifs (C(OH)–C–C–N with tert-alkyl or cyclic N) is 1. The second-order valence-corrected chi connectivity index (χ2v) is 6.52. The summed E-state index contributed by atoms with van der Waals surface area (Å²) in [5.74, 6) is 0.385. The van der Waals surface area contributed by atoms with Crippen LogP contribution < -0.4 is 10.2 Å². The molecule has 0 spiro atoms. The first-order valence-corrected chi connectivity index (χ1v) is 7.80. The van der Waals surface area contributed by atoms with Crippen molar-refractivity contribution in [1.82, 2.24) is 5.32 Å². The van der Waals surface area contributed by atoms with Gasteiger partial charge in [0.2, 0.25) is 0 Å². The summed E-state index contributed by atoms with van der Waals surface area (Å²) in [4.78, 5) is 2.28. The molecule has 112 valence electrons. The molecule has 1 aromatic rings. The van der Waals surface area contributed by atoms with Gasteiger partial charge in [0.15, 0.2) is 0 Å². The number of anilines is 1. The summed E-state index contributed by atoms with van der Waals surface area (Å²) in [5, 5.41) is 14.3. The minimum absolute atomic E-state index is 0.245. The van der Waals surface area contributed by atoms with Crippen LogP contribution in [0.15, 0.2) is 18.2 Å². The Labute approximate surface area is 126 Å². The van der Waals surface area contributed by atoms with Crippen LogP contribution in [0.5, 0.6) is 0 Å². The highest BCUT2D eigenvalue weighted by atomic mass is 35.5. The molecule has 20 heavy (non-hydrogen) atoms. The highest BCUT2D eigenvalue weighted by molar-refractivity contribution is 6.30. The van der Waals surface area contributed by atoms with E-state index in [0.717, 1.165) is 24.5 Å². The predicted molar refractivity (Wildman–Crippen MR) is 85.4 cm³/mol. The standard InChI is InChI=1S/C16H25ClN2O/c1-11(2)18-9-13-8-14(17)4-5-15(13)19-7-6-12(3)16(20)10-19/h4-5,8,11-12,16,18,20H,6-7,9-10H2,1-3H3. The number of halogens is 1. The zero-order chi connectivity index (χ0) is 14.7. The van der Waals surface area contributed by atoms with Crippen molar-refractivity contribution >= 4 is 17.3 Å². The summed E-state index contributed by atoms with van der Waals surface area (Å²) in [7, 11) is 0. The van der Waals surface area contributed by atoms with E-state index in [1.807, 2.05) is 12.1 Å². The van der Waals surface area contributed by atoms with Gasteiger partial charge in [-0.3, -0.25) is 0 Å². The Morgan fingerprint density at radius 2 is 2.20 bits per heavy atom. The molecule has 0 amide bonds. The molecular weight excluding hydrogens is 272 g/mol. The maximum atomic E-state index is 10.1. The fraction of sp³-hybridized carbons (Fsp3) is 0.625. The van der Waals surface area contributed by atoms with E-state index in [2.05, 4.69) is 37.1 Å². The van der Waals surface area contributed by atoms with E-state index in [4.69, 9.17) is 11.6 Å². The van der Waals surface area contributed by atoms with Gasteiger partial charge in [0.1, 0.15) is 0 Å². The van der Waals surface area contributed by atoms with Crippen molar-refractivity contribution in [2.75, 3.05) is 18.0 Å². The number of nitrogens with zero attached hydrogens (tertiary/aromatic N) is 1. The third kappa shape index (κ3) is 3.87. The zero-order valence-electron chi connectivity index (χ0n) is 12.6. The monoisotopic (exact) mass is 296 g/mol. The van der Waals surface area contributed by atoms with Gasteiger partial charge in [-0.05, 0) is 36.1 Å². The lowest BCUT2D eigenvalue weighted by Gasteiger charge is -2.37. The van der Waals surface area contributed by atoms with Gasteiger partial charge >= 0.3 is 0 Å². The average Bonchev–Trinajstić information content (AvgIpc) is 2.40. The fourth-order valence-corrected chi connectivity index (χ4v) is 2.78. The van der Waals surface area contributed by atoms with Crippen molar-refractivity contribution < 1.29 is 5.11 Å². The second kappa shape index (κ2) is 6.79. The van der Waals surface area contributed by atoms with E-state index in [9.17, 15) is 5.11 Å². The van der Waals surface area contributed by atoms with E-state index < -0.39 is 0 Å². The molecule has 2 unspecified atom stereocenters. The first kappa shape index (κ1) is 15.6. The topological polar surface area (TPSA) is 35.5 Å². The third-order valence-corrected chi connectivity index (χ3v) is 4.24. The van der Waals surface area contributed by atoms with Gasteiger partial charge in [0.05, 0.1) is 6.10 Å². The van der Waals surface area contributed by atoms with E-state index in [0.29, 0.717) is 18.5 Å². The van der Waals surface area contributed by atoms with Crippen LogP contribution in [0.4, 0.5) is 5.69 Å².